The van der Waals surface area contributed by atoms with E-state index < -0.39 is 0 Å². The molecular formula is C10H17NO. The molecule has 0 aromatic carbocycles. The number of nitrogens with zero attached hydrogens (tertiary/aromatic N) is 1. The SMILES string of the molecule is CCN1C(=O)CCCC12CCC2. The van der Waals surface area contributed by atoms with Crippen LogP contribution in [0.4, 0.5) is 0 Å². The Morgan fingerprint density at radius 1 is 1.33 bits per heavy atom. The first-order valence-electron chi connectivity index (χ1n) is 5.09. The molecule has 2 rings (SSSR count). The van der Waals surface area contributed by atoms with Gasteiger partial charge in [-0.05, 0) is 39.0 Å². The van der Waals surface area contributed by atoms with Gasteiger partial charge in [-0.1, -0.05) is 0 Å². The van der Waals surface area contributed by atoms with Crippen molar-refractivity contribution in [3.8, 4) is 0 Å². The van der Waals surface area contributed by atoms with Crippen LogP contribution in [0.3, 0.4) is 0 Å². The van der Waals surface area contributed by atoms with Gasteiger partial charge in [-0.2, -0.15) is 0 Å². The summed E-state index contributed by atoms with van der Waals surface area (Å²) in [5.41, 5.74) is 0.323. The standard InChI is InChI=1S/C10H17NO/c1-2-11-9(12)5-3-6-10(11)7-4-8-10/h2-8H2,1H3. The summed E-state index contributed by atoms with van der Waals surface area (Å²) in [7, 11) is 0. The zero-order valence-corrected chi connectivity index (χ0v) is 7.81. The average molecular weight is 167 g/mol. The van der Waals surface area contributed by atoms with Crippen LogP contribution in [-0.4, -0.2) is 22.9 Å². The van der Waals surface area contributed by atoms with Crippen molar-refractivity contribution in [2.24, 2.45) is 0 Å². The number of carbonyl (C=O) groups excluding carboxylic acids is 1. The molecule has 0 aromatic heterocycles. The molecule has 1 aliphatic heterocycles. The van der Waals surface area contributed by atoms with Gasteiger partial charge in [0.1, 0.15) is 0 Å². The lowest BCUT2D eigenvalue weighted by Gasteiger charge is -2.52. The van der Waals surface area contributed by atoms with Crippen molar-refractivity contribution in [2.45, 2.75) is 51.0 Å². The zero-order chi connectivity index (χ0) is 8.60. The van der Waals surface area contributed by atoms with Gasteiger partial charge in [0.2, 0.25) is 5.91 Å². The molecule has 0 atom stereocenters. The summed E-state index contributed by atoms with van der Waals surface area (Å²) in [5.74, 6) is 0.392. The largest absolute Gasteiger partial charge is 0.337 e. The van der Waals surface area contributed by atoms with Gasteiger partial charge in [0, 0.05) is 18.5 Å². The number of piperidine rings is 1. The van der Waals surface area contributed by atoms with Crippen LogP contribution in [0.1, 0.15) is 45.4 Å². The Morgan fingerprint density at radius 3 is 2.42 bits per heavy atom. The van der Waals surface area contributed by atoms with Crippen LogP contribution in [-0.2, 0) is 4.79 Å². The maximum atomic E-state index is 11.6. The lowest BCUT2D eigenvalue weighted by molar-refractivity contribution is -0.146. The van der Waals surface area contributed by atoms with Crippen LogP contribution in [0.2, 0.25) is 0 Å². The second-order valence-corrected chi connectivity index (χ2v) is 4.07. The van der Waals surface area contributed by atoms with E-state index in [9.17, 15) is 4.79 Å². The summed E-state index contributed by atoms with van der Waals surface area (Å²) >= 11 is 0. The Bertz CT molecular complexity index is 196. The summed E-state index contributed by atoms with van der Waals surface area (Å²) < 4.78 is 0. The molecule has 2 heteroatoms. The molecule has 1 amide bonds. The van der Waals surface area contributed by atoms with Gasteiger partial charge in [-0.3, -0.25) is 4.79 Å². The number of amides is 1. The highest BCUT2D eigenvalue weighted by molar-refractivity contribution is 5.78. The first kappa shape index (κ1) is 8.09. The van der Waals surface area contributed by atoms with Crippen molar-refractivity contribution >= 4 is 5.91 Å². The van der Waals surface area contributed by atoms with E-state index in [4.69, 9.17) is 0 Å². The third-order valence-corrected chi connectivity index (χ3v) is 3.51. The molecule has 1 aliphatic carbocycles. The summed E-state index contributed by atoms with van der Waals surface area (Å²) in [6.07, 6.45) is 7.00. The minimum Gasteiger partial charge on any atom is -0.337 e. The molecule has 68 valence electrons. The fourth-order valence-corrected chi connectivity index (χ4v) is 2.72. The lowest BCUT2D eigenvalue weighted by Crippen LogP contribution is -2.58. The molecule has 1 heterocycles. The quantitative estimate of drug-likeness (QED) is 0.584. The zero-order valence-electron chi connectivity index (χ0n) is 7.81. The van der Waals surface area contributed by atoms with Gasteiger partial charge < -0.3 is 4.90 Å². The third kappa shape index (κ3) is 0.970. The molecule has 0 radical (unpaired) electrons. The number of hydrogen-bond acceptors (Lipinski definition) is 1. The smallest absolute Gasteiger partial charge is 0.223 e. The van der Waals surface area contributed by atoms with Gasteiger partial charge in [-0.15, -0.1) is 0 Å². The molecule has 12 heavy (non-hydrogen) atoms. The average Bonchev–Trinajstić information content (AvgIpc) is 2.01. The first-order chi connectivity index (χ1) is 5.78. The topological polar surface area (TPSA) is 20.3 Å². The predicted octanol–water partition coefficient (Wildman–Crippen LogP) is 1.94. The van der Waals surface area contributed by atoms with E-state index in [-0.39, 0.29) is 0 Å². The molecule has 1 saturated carbocycles. The summed E-state index contributed by atoms with van der Waals surface area (Å²) in [4.78, 5) is 13.7. The molecule has 0 bridgehead atoms. The maximum Gasteiger partial charge on any atom is 0.223 e. The monoisotopic (exact) mass is 167 g/mol. The summed E-state index contributed by atoms with van der Waals surface area (Å²) in [6.45, 7) is 3.02. The molecule has 0 N–H and O–H groups in total. The van der Waals surface area contributed by atoms with Crippen LogP contribution in [0.5, 0.6) is 0 Å². The van der Waals surface area contributed by atoms with Crippen LogP contribution in [0.25, 0.3) is 0 Å². The third-order valence-electron chi connectivity index (χ3n) is 3.51. The van der Waals surface area contributed by atoms with Crippen LogP contribution >= 0.6 is 0 Å². The molecule has 2 aliphatic rings. The number of rotatable bonds is 1. The van der Waals surface area contributed by atoms with Crippen molar-refractivity contribution in [3.05, 3.63) is 0 Å². The minimum absolute atomic E-state index is 0.323. The van der Waals surface area contributed by atoms with Gasteiger partial charge >= 0.3 is 0 Å². The highest BCUT2D eigenvalue weighted by atomic mass is 16.2. The van der Waals surface area contributed by atoms with Gasteiger partial charge in [0.05, 0.1) is 0 Å². The fourth-order valence-electron chi connectivity index (χ4n) is 2.72. The first-order valence-corrected chi connectivity index (χ1v) is 5.09. The van der Waals surface area contributed by atoms with Crippen molar-refractivity contribution in [1.29, 1.82) is 0 Å². The van der Waals surface area contributed by atoms with Crippen molar-refractivity contribution in [1.82, 2.24) is 4.90 Å². The summed E-state index contributed by atoms with van der Waals surface area (Å²) in [5, 5.41) is 0. The van der Waals surface area contributed by atoms with Crippen molar-refractivity contribution in [3.63, 3.8) is 0 Å². The molecule has 2 nitrogen and oxygen atoms in total. The van der Waals surface area contributed by atoms with Crippen LogP contribution in [0.15, 0.2) is 0 Å². The molecule has 0 unspecified atom stereocenters. The van der Waals surface area contributed by atoms with Gasteiger partial charge in [-0.25, -0.2) is 0 Å². The lowest BCUT2D eigenvalue weighted by atomic mass is 9.70. The van der Waals surface area contributed by atoms with Crippen LogP contribution in [0, 0.1) is 0 Å². The van der Waals surface area contributed by atoms with Gasteiger partial charge in [0.25, 0.3) is 0 Å². The second-order valence-electron chi connectivity index (χ2n) is 4.07. The summed E-state index contributed by atoms with van der Waals surface area (Å²) in [6, 6.07) is 0. The predicted molar refractivity (Wildman–Crippen MR) is 47.8 cm³/mol. The van der Waals surface area contributed by atoms with Crippen molar-refractivity contribution < 1.29 is 4.79 Å². The van der Waals surface area contributed by atoms with E-state index in [0.717, 1.165) is 19.4 Å². The fraction of sp³-hybridized carbons (Fsp3) is 0.900. The molecule has 2 fully saturated rings. The van der Waals surface area contributed by atoms with E-state index in [1.54, 1.807) is 0 Å². The number of carbonyl (C=O) groups is 1. The second kappa shape index (κ2) is 2.75. The van der Waals surface area contributed by atoms with E-state index in [1.807, 2.05) is 0 Å². The highest BCUT2D eigenvalue weighted by Gasteiger charge is 2.45. The number of hydrogen-bond donors (Lipinski definition) is 0. The normalized spacial score (nSPS) is 27.4. The van der Waals surface area contributed by atoms with Crippen molar-refractivity contribution in [2.75, 3.05) is 6.54 Å². The van der Waals surface area contributed by atoms with E-state index in [0.29, 0.717) is 11.4 Å². The van der Waals surface area contributed by atoms with Crippen LogP contribution < -0.4 is 0 Å². The molecule has 1 saturated heterocycles. The molecule has 0 aromatic rings. The van der Waals surface area contributed by atoms with E-state index >= 15 is 0 Å². The maximum absolute atomic E-state index is 11.6. The Kier molecular flexibility index (Phi) is 1.85. The minimum atomic E-state index is 0.323. The van der Waals surface area contributed by atoms with E-state index in [2.05, 4.69) is 11.8 Å². The van der Waals surface area contributed by atoms with E-state index in [1.165, 1.54) is 25.7 Å². The van der Waals surface area contributed by atoms with Gasteiger partial charge in [0.15, 0.2) is 0 Å². The molecule has 1 spiro atoms. The number of likely N-dealkylation sites (tertiary alicyclic amines) is 1. The molecular weight excluding hydrogens is 150 g/mol. The Hall–Kier alpha value is -0.530. The highest BCUT2D eigenvalue weighted by Crippen LogP contribution is 2.44. The Morgan fingerprint density at radius 2 is 2.00 bits per heavy atom. The Balaban J connectivity index is 2.14. The Labute approximate surface area is 73.9 Å².